The lowest BCUT2D eigenvalue weighted by molar-refractivity contribution is 0.0563. The van der Waals surface area contributed by atoms with Gasteiger partial charge in [-0.1, -0.05) is 32.6 Å². The molecule has 1 amide bonds. The van der Waals surface area contributed by atoms with Gasteiger partial charge < -0.3 is 14.7 Å². The number of aliphatic hydroxyl groups is 1. The first kappa shape index (κ1) is 26.7. The van der Waals surface area contributed by atoms with E-state index in [0.29, 0.717) is 11.1 Å². The second kappa shape index (κ2) is 11.2. The van der Waals surface area contributed by atoms with Gasteiger partial charge in [-0.05, 0) is 37.3 Å². The van der Waals surface area contributed by atoms with Crippen LogP contribution >= 0.6 is 0 Å². The van der Waals surface area contributed by atoms with E-state index in [9.17, 15) is 18.3 Å². The highest BCUT2D eigenvalue weighted by Crippen LogP contribution is 2.34. The summed E-state index contributed by atoms with van der Waals surface area (Å²) in [6, 6.07) is 7.58. The van der Waals surface area contributed by atoms with Crippen LogP contribution in [0.2, 0.25) is 0 Å². The maximum Gasteiger partial charge on any atom is 0.255 e. The Balaban J connectivity index is 2.02. The summed E-state index contributed by atoms with van der Waals surface area (Å²) in [5.74, 6) is 6.00. The highest BCUT2D eigenvalue weighted by atomic mass is 32.2. The zero-order valence-corrected chi connectivity index (χ0v) is 21.6. The van der Waals surface area contributed by atoms with Crippen molar-refractivity contribution in [3.8, 4) is 17.6 Å². The molecular formula is C26H33N3O5S. The van der Waals surface area contributed by atoms with E-state index < -0.39 is 22.2 Å². The molecule has 8 nitrogen and oxygen atoms in total. The summed E-state index contributed by atoms with van der Waals surface area (Å²) in [5, 5.41) is 9.78. The minimum atomic E-state index is -3.93. The smallest absolute Gasteiger partial charge is 0.255 e. The standard InChI is InChI=1S/C26H33N3O5S/c1-18(2)8-9-21-10-11-25-23(13-21)34-24(16-28(5)26(31)22-7-6-12-27-14-22)19(3)15-29(20(4)17-30)35(25,32)33/h6-7,10-14,18-20,24,30H,15-17H2,1-5H3/t19-,20-,24-/m1/s1. The highest BCUT2D eigenvalue weighted by molar-refractivity contribution is 7.89. The van der Waals surface area contributed by atoms with Gasteiger partial charge in [0.25, 0.3) is 5.91 Å². The van der Waals surface area contributed by atoms with Crippen LogP contribution in [-0.4, -0.2) is 72.5 Å². The van der Waals surface area contributed by atoms with Gasteiger partial charge in [0.1, 0.15) is 16.7 Å². The largest absolute Gasteiger partial charge is 0.487 e. The van der Waals surface area contributed by atoms with Gasteiger partial charge in [0.05, 0.1) is 18.7 Å². The monoisotopic (exact) mass is 499 g/mol. The van der Waals surface area contributed by atoms with Crippen molar-refractivity contribution in [2.24, 2.45) is 11.8 Å². The van der Waals surface area contributed by atoms with Crippen molar-refractivity contribution in [2.45, 2.75) is 44.7 Å². The second-order valence-corrected chi connectivity index (χ2v) is 11.1. The molecule has 1 N–H and O–H groups in total. The van der Waals surface area contributed by atoms with Crippen molar-refractivity contribution in [3.63, 3.8) is 0 Å². The Hall–Kier alpha value is -2.93. The number of pyridine rings is 1. The van der Waals surface area contributed by atoms with Gasteiger partial charge in [-0.2, -0.15) is 4.31 Å². The summed E-state index contributed by atoms with van der Waals surface area (Å²) in [4.78, 5) is 18.5. The molecular weight excluding hydrogens is 466 g/mol. The number of fused-ring (bicyclic) bond motifs is 1. The number of hydrogen-bond acceptors (Lipinski definition) is 6. The molecule has 0 spiro atoms. The normalized spacial score (nSPS) is 20.4. The van der Waals surface area contributed by atoms with Crippen LogP contribution in [0.25, 0.3) is 0 Å². The van der Waals surface area contributed by atoms with Crippen molar-refractivity contribution < 1.29 is 23.1 Å². The first-order valence-corrected chi connectivity index (χ1v) is 13.1. The van der Waals surface area contributed by atoms with Crippen LogP contribution in [0, 0.1) is 23.7 Å². The molecule has 35 heavy (non-hydrogen) atoms. The minimum Gasteiger partial charge on any atom is -0.487 e. The van der Waals surface area contributed by atoms with E-state index in [1.807, 2.05) is 20.8 Å². The van der Waals surface area contributed by atoms with E-state index in [4.69, 9.17) is 4.74 Å². The lowest BCUT2D eigenvalue weighted by Crippen LogP contribution is -2.50. The highest BCUT2D eigenvalue weighted by Gasteiger charge is 2.38. The van der Waals surface area contributed by atoms with E-state index in [2.05, 4.69) is 16.8 Å². The van der Waals surface area contributed by atoms with Crippen molar-refractivity contribution in [1.29, 1.82) is 0 Å². The average Bonchev–Trinajstić information content (AvgIpc) is 2.84. The Morgan fingerprint density at radius 3 is 2.69 bits per heavy atom. The molecule has 1 aliphatic rings. The summed E-state index contributed by atoms with van der Waals surface area (Å²) in [6.45, 7) is 7.56. The van der Waals surface area contributed by atoms with Crippen molar-refractivity contribution in [1.82, 2.24) is 14.2 Å². The molecule has 3 atom stereocenters. The molecule has 9 heteroatoms. The van der Waals surface area contributed by atoms with Gasteiger partial charge in [0, 0.05) is 49.4 Å². The lowest BCUT2D eigenvalue weighted by atomic mass is 10.0. The number of likely N-dealkylation sites (N-methyl/N-ethyl adjacent to an activating group) is 1. The second-order valence-electron chi connectivity index (χ2n) is 9.25. The third-order valence-corrected chi connectivity index (χ3v) is 7.90. The van der Waals surface area contributed by atoms with Crippen LogP contribution in [-0.2, 0) is 10.0 Å². The van der Waals surface area contributed by atoms with E-state index in [1.165, 1.54) is 16.6 Å². The van der Waals surface area contributed by atoms with E-state index in [1.54, 1.807) is 49.3 Å². The number of aromatic nitrogens is 1. The van der Waals surface area contributed by atoms with Gasteiger partial charge in [0.2, 0.25) is 10.0 Å². The molecule has 0 fully saturated rings. The van der Waals surface area contributed by atoms with Crippen molar-refractivity contribution in [2.75, 3.05) is 26.7 Å². The number of hydrogen-bond donors (Lipinski definition) is 1. The molecule has 0 bridgehead atoms. The molecule has 0 unspecified atom stereocenters. The van der Waals surface area contributed by atoms with Crippen LogP contribution in [0.4, 0.5) is 0 Å². The molecule has 188 valence electrons. The number of benzene rings is 1. The quantitative estimate of drug-likeness (QED) is 0.635. The van der Waals surface area contributed by atoms with E-state index in [0.717, 1.165) is 0 Å². The van der Waals surface area contributed by atoms with Crippen LogP contribution in [0.5, 0.6) is 5.75 Å². The number of nitrogens with zero attached hydrogens (tertiary/aromatic N) is 3. The molecule has 3 rings (SSSR count). The summed E-state index contributed by atoms with van der Waals surface area (Å²) in [6.07, 6.45) is 2.61. The minimum absolute atomic E-state index is 0.0195. The summed E-state index contributed by atoms with van der Waals surface area (Å²) in [7, 11) is -2.25. The van der Waals surface area contributed by atoms with Gasteiger partial charge in [-0.25, -0.2) is 8.42 Å². The fraction of sp³-hybridized carbons (Fsp3) is 0.462. The fourth-order valence-electron chi connectivity index (χ4n) is 3.81. The number of rotatable bonds is 5. The molecule has 2 aromatic rings. The Bertz CT molecular complexity index is 1200. The van der Waals surface area contributed by atoms with E-state index in [-0.39, 0.29) is 48.1 Å². The van der Waals surface area contributed by atoms with Crippen LogP contribution in [0.15, 0.2) is 47.6 Å². The molecule has 1 aliphatic heterocycles. The molecule has 0 aliphatic carbocycles. The predicted molar refractivity (Wildman–Crippen MR) is 133 cm³/mol. The number of ether oxygens (including phenoxy) is 1. The van der Waals surface area contributed by atoms with Crippen LogP contribution < -0.4 is 4.74 Å². The van der Waals surface area contributed by atoms with Crippen LogP contribution in [0.1, 0.15) is 43.6 Å². The maximum absolute atomic E-state index is 13.5. The summed E-state index contributed by atoms with van der Waals surface area (Å²) in [5.41, 5.74) is 1.10. The predicted octanol–water partition coefficient (Wildman–Crippen LogP) is 2.63. The Morgan fingerprint density at radius 2 is 2.06 bits per heavy atom. The molecule has 0 saturated carbocycles. The summed E-state index contributed by atoms with van der Waals surface area (Å²) < 4.78 is 34.7. The zero-order chi connectivity index (χ0) is 25.8. The maximum atomic E-state index is 13.5. The third kappa shape index (κ3) is 6.20. The van der Waals surface area contributed by atoms with Crippen LogP contribution in [0.3, 0.4) is 0 Å². The number of carbonyl (C=O) groups is 1. The molecule has 0 radical (unpaired) electrons. The third-order valence-electron chi connectivity index (χ3n) is 5.88. The van der Waals surface area contributed by atoms with Crippen molar-refractivity contribution in [3.05, 3.63) is 53.9 Å². The first-order valence-electron chi connectivity index (χ1n) is 11.6. The van der Waals surface area contributed by atoms with Gasteiger partial charge >= 0.3 is 0 Å². The SMILES string of the molecule is CC(C)C#Cc1ccc2c(c1)O[C@H](CN(C)C(=O)c1cccnc1)[C@H](C)CN([C@H](C)CO)S2(=O)=O. The van der Waals surface area contributed by atoms with Crippen molar-refractivity contribution >= 4 is 15.9 Å². The molecule has 2 heterocycles. The van der Waals surface area contributed by atoms with Gasteiger partial charge in [-0.3, -0.25) is 9.78 Å². The Kier molecular flexibility index (Phi) is 8.54. The first-order chi connectivity index (χ1) is 16.5. The van der Waals surface area contributed by atoms with E-state index >= 15 is 0 Å². The summed E-state index contributed by atoms with van der Waals surface area (Å²) >= 11 is 0. The van der Waals surface area contributed by atoms with Gasteiger partial charge in [0.15, 0.2) is 0 Å². The molecule has 0 saturated heterocycles. The number of carbonyl (C=O) groups excluding carboxylic acids is 1. The molecule has 1 aromatic carbocycles. The number of amides is 1. The lowest BCUT2D eigenvalue weighted by Gasteiger charge is -2.37. The number of aliphatic hydroxyl groups excluding tert-OH is 1. The topological polar surface area (TPSA) is 100 Å². The van der Waals surface area contributed by atoms with Gasteiger partial charge in [-0.15, -0.1) is 0 Å². The Morgan fingerprint density at radius 1 is 1.31 bits per heavy atom. The Labute approximate surface area is 208 Å². The molecule has 1 aromatic heterocycles. The average molecular weight is 500 g/mol. The fourth-order valence-corrected chi connectivity index (χ4v) is 5.64. The zero-order valence-electron chi connectivity index (χ0n) is 20.8. The number of sulfonamides is 1.